The molecular formula is C11H14N2O6S. The van der Waals surface area contributed by atoms with E-state index in [1.165, 1.54) is 18.3 Å². The van der Waals surface area contributed by atoms with E-state index >= 15 is 0 Å². The SMILES string of the molecule is COC(=O)CCC(NS(=O)(=O)c1cccnc1)C(=O)O. The maximum absolute atomic E-state index is 11.9. The predicted octanol–water partition coefficient (Wildman–Crippen LogP) is -0.234. The number of carbonyl (C=O) groups excluding carboxylic acids is 1. The molecule has 0 spiro atoms. The Kier molecular flexibility index (Phi) is 5.59. The third-order valence-electron chi connectivity index (χ3n) is 2.41. The van der Waals surface area contributed by atoms with Crippen molar-refractivity contribution in [2.24, 2.45) is 0 Å². The standard InChI is InChI=1S/C11H14N2O6S/c1-19-10(14)5-4-9(11(15)16)13-20(17,18)8-3-2-6-12-7-8/h2-3,6-7,9,13H,4-5H2,1H3,(H,15,16). The number of methoxy groups -OCH3 is 1. The third-order valence-corrected chi connectivity index (χ3v) is 3.86. The lowest BCUT2D eigenvalue weighted by Gasteiger charge is -2.14. The summed E-state index contributed by atoms with van der Waals surface area (Å²) in [4.78, 5) is 25.5. The van der Waals surface area contributed by atoms with E-state index in [9.17, 15) is 18.0 Å². The highest BCUT2D eigenvalue weighted by molar-refractivity contribution is 7.89. The van der Waals surface area contributed by atoms with Crippen LogP contribution in [0.4, 0.5) is 0 Å². The molecule has 0 aliphatic carbocycles. The second-order valence-corrected chi connectivity index (χ2v) is 5.53. The van der Waals surface area contributed by atoms with Crippen LogP contribution in [0.5, 0.6) is 0 Å². The molecule has 0 aliphatic heterocycles. The largest absolute Gasteiger partial charge is 0.480 e. The summed E-state index contributed by atoms with van der Waals surface area (Å²) in [5, 5.41) is 8.97. The average Bonchev–Trinajstić information content (AvgIpc) is 2.43. The average molecular weight is 302 g/mol. The Balaban J connectivity index is 2.80. The zero-order valence-electron chi connectivity index (χ0n) is 10.6. The van der Waals surface area contributed by atoms with Crippen molar-refractivity contribution in [1.29, 1.82) is 0 Å². The summed E-state index contributed by atoms with van der Waals surface area (Å²) in [5.74, 6) is -1.99. The van der Waals surface area contributed by atoms with Gasteiger partial charge >= 0.3 is 11.9 Å². The number of pyridine rings is 1. The number of nitrogens with one attached hydrogen (secondary N) is 1. The van der Waals surface area contributed by atoms with E-state index < -0.39 is 28.0 Å². The minimum Gasteiger partial charge on any atom is -0.480 e. The number of carboxylic acid groups (broad SMARTS) is 1. The molecule has 0 saturated carbocycles. The van der Waals surface area contributed by atoms with Crippen molar-refractivity contribution in [3.8, 4) is 0 Å². The lowest BCUT2D eigenvalue weighted by atomic mass is 10.2. The first-order valence-corrected chi connectivity index (χ1v) is 7.07. The highest BCUT2D eigenvalue weighted by Gasteiger charge is 2.26. The predicted molar refractivity (Wildman–Crippen MR) is 67.2 cm³/mol. The fourth-order valence-corrected chi connectivity index (χ4v) is 2.55. The fourth-order valence-electron chi connectivity index (χ4n) is 1.36. The van der Waals surface area contributed by atoms with E-state index in [2.05, 4.69) is 9.72 Å². The van der Waals surface area contributed by atoms with E-state index in [-0.39, 0.29) is 17.7 Å². The summed E-state index contributed by atoms with van der Waals surface area (Å²) >= 11 is 0. The van der Waals surface area contributed by atoms with Crippen molar-refractivity contribution in [1.82, 2.24) is 9.71 Å². The Morgan fingerprint density at radius 1 is 1.50 bits per heavy atom. The van der Waals surface area contributed by atoms with Crippen LogP contribution in [0, 0.1) is 0 Å². The lowest BCUT2D eigenvalue weighted by Crippen LogP contribution is -2.41. The van der Waals surface area contributed by atoms with Gasteiger partial charge in [-0.15, -0.1) is 0 Å². The van der Waals surface area contributed by atoms with Crippen LogP contribution < -0.4 is 4.72 Å². The van der Waals surface area contributed by atoms with Crippen molar-refractivity contribution in [3.05, 3.63) is 24.5 Å². The van der Waals surface area contributed by atoms with Gasteiger partial charge < -0.3 is 9.84 Å². The Hall–Kier alpha value is -2.00. The van der Waals surface area contributed by atoms with Gasteiger partial charge in [-0.05, 0) is 18.6 Å². The van der Waals surface area contributed by atoms with Gasteiger partial charge in [-0.3, -0.25) is 14.6 Å². The molecule has 0 amide bonds. The van der Waals surface area contributed by atoms with Gasteiger partial charge in [0.25, 0.3) is 0 Å². The number of hydrogen-bond acceptors (Lipinski definition) is 6. The molecule has 0 bridgehead atoms. The molecule has 110 valence electrons. The molecule has 1 rings (SSSR count). The molecule has 0 radical (unpaired) electrons. The number of ether oxygens (including phenoxy) is 1. The van der Waals surface area contributed by atoms with Crippen LogP contribution in [-0.4, -0.2) is 43.6 Å². The van der Waals surface area contributed by atoms with Crippen molar-refractivity contribution >= 4 is 22.0 Å². The Bertz CT molecular complexity index is 572. The number of sulfonamides is 1. The molecule has 1 aromatic rings. The minimum atomic E-state index is -4.00. The normalized spacial score (nSPS) is 12.7. The van der Waals surface area contributed by atoms with Gasteiger partial charge in [0.1, 0.15) is 10.9 Å². The van der Waals surface area contributed by atoms with Crippen LogP contribution in [0.25, 0.3) is 0 Å². The molecule has 0 aliphatic rings. The molecular weight excluding hydrogens is 288 g/mol. The van der Waals surface area contributed by atoms with Gasteiger partial charge in [0.15, 0.2) is 0 Å². The number of aliphatic carboxylic acids is 1. The summed E-state index contributed by atoms with van der Waals surface area (Å²) in [6.07, 6.45) is 2.08. The number of hydrogen-bond donors (Lipinski definition) is 2. The monoisotopic (exact) mass is 302 g/mol. The van der Waals surface area contributed by atoms with Gasteiger partial charge in [0, 0.05) is 18.8 Å². The van der Waals surface area contributed by atoms with Crippen LogP contribution in [0.15, 0.2) is 29.4 Å². The molecule has 1 aromatic heterocycles. The molecule has 1 atom stereocenters. The Morgan fingerprint density at radius 3 is 2.70 bits per heavy atom. The number of rotatable bonds is 7. The number of carbonyl (C=O) groups is 2. The minimum absolute atomic E-state index is 0.149. The summed E-state index contributed by atoms with van der Waals surface area (Å²) in [6.45, 7) is 0. The van der Waals surface area contributed by atoms with Gasteiger partial charge in [0.05, 0.1) is 7.11 Å². The van der Waals surface area contributed by atoms with Gasteiger partial charge in [-0.25, -0.2) is 8.42 Å². The van der Waals surface area contributed by atoms with E-state index in [0.29, 0.717) is 0 Å². The van der Waals surface area contributed by atoms with Crippen LogP contribution in [0.2, 0.25) is 0 Å². The number of esters is 1. The van der Waals surface area contributed by atoms with Crippen LogP contribution in [-0.2, 0) is 24.3 Å². The van der Waals surface area contributed by atoms with E-state index in [0.717, 1.165) is 13.3 Å². The van der Waals surface area contributed by atoms with E-state index in [4.69, 9.17) is 5.11 Å². The molecule has 9 heteroatoms. The quantitative estimate of drug-likeness (QED) is 0.667. The highest BCUT2D eigenvalue weighted by Crippen LogP contribution is 2.09. The molecule has 20 heavy (non-hydrogen) atoms. The summed E-state index contributed by atoms with van der Waals surface area (Å²) < 4.78 is 30.3. The van der Waals surface area contributed by atoms with Crippen LogP contribution in [0.1, 0.15) is 12.8 Å². The molecule has 2 N–H and O–H groups in total. The third kappa shape index (κ3) is 4.59. The first kappa shape index (κ1) is 16.1. The molecule has 1 unspecified atom stereocenters. The highest BCUT2D eigenvalue weighted by atomic mass is 32.2. The topological polar surface area (TPSA) is 123 Å². The maximum atomic E-state index is 11.9. The van der Waals surface area contributed by atoms with Gasteiger partial charge in [-0.2, -0.15) is 4.72 Å². The smallest absolute Gasteiger partial charge is 0.321 e. The second kappa shape index (κ2) is 6.96. The molecule has 0 fully saturated rings. The second-order valence-electron chi connectivity index (χ2n) is 3.82. The fraction of sp³-hybridized carbons (Fsp3) is 0.364. The number of carboxylic acids is 1. The summed E-state index contributed by atoms with van der Waals surface area (Å²) in [7, 11) is -2.84. The zero-order valence-corrected chi connectivity index (χ0v) is 11.5. The zero-order chi connectivity index (χ0) is 15.2. The molecule has 0 aromatic carbocycles. The van der Waals surface area contributed by atoms with Crippen LogP contribution in [0.3, 0.4) is 0 Å². The van der Waals surface area contributed by atoms with Crippen molar-refractivity contribution in [2.45, 2.75) is 23.8 Å². The van der Waals surface area contributed by atoms with Crippen molar-refractivity contribution < 1.29 is 27.9 Å². The number of nitrogens with zero attached hydrogens (tertiary/aromatic N) is 1. The van der Waals surface area contributed by atoms with Crippen molar-refractivity contribution in [3.63, 3.8) is 0 Å². The molecule has 1 heterocycles. The van der Waals surface area contributed by atoms with E-state index in [1.807, 2.05) is 4.72 Å². The van der Waals surface area contributed by atoms with Crippen LogP contribution >= 0.6 is 0 Å². The Morgan fingerprint density at radius 2 is 2.20 bits per heavy atom. The maximum Gasteiger partial charge on any atom is 0.321 e. The Labute approximate surface area is 115 Å². The lowest BCUT2D eigenvalue weighted by molar-refractivity contribution is -0.142. The first-order valence-electron chi connectivity index (χ1n) is 5.59. The number of aromatic nitrogens is 1. The summed E-state index contributed by atoms with van der Waals surface area (Å²) in [6, 6.07) is 1.28. The molecule has 0 saturated heterocycles. The van der Waals surface area contributed by atoms with Gasteiger partial charge in [-0.1, -0.05) is 0 Å². The van der Waals surface area contributed by atoms with Gasteiger partial charge in [0.2, 0.25) is 10.0 Å². The first-order chi connectivity index (χ1) is 9.36. The summed E-state index contributed by atoms with van der Waals surface area (Å²) in [5.41, 5.74) is 0. The van der Waals surface area contributed by atoms with E-state index in [1.54, 1.807) is 0 Å². The molecule has 8 nitrogen and oxygen atoms in total. The van der Waals surface area contributed by atoms with Crippen molar-refractivity contribution in [2.75, 3.05) is 7.11 Å².